The molecule has 146 valence electrons. The third-order valence-corrected chi connectivity index (χ3v) is 5.28. The van der Waals surface area contributed by atoms with Crippen LogP contribution in [0.2, 0.25) is 5.02 Å². The quantitative estimate of drug-likeness (QED) is 0.741. The molecule has 0 aliphatic carbocycles. The maximum absolute atomic E-state index is 10.4. The van der Waals surface area contributed by atoms with Gasteiger partial charge in [0.15, 0.2) is 0 Å². The van der Waals surface area contributed by atoms with Gasteiger partial charge in [-0.05, 0) is 30.2 Å². The van der Waals surface area contributed by atoms with Gasteiger partial charge in [-0.2, -0.15) is 0 Å². The summed E-state index contributed by atoms with van der Waals surface area (Å²) in [6.07, 6.45) is 0.468. The highest BCUT2D eigenvalue weighted by molar-refractivity contribution is 6.30. The summed E-state index contributed by atoms with van der Waals surface area (Å²) in [5.74, 6) is 0. The molecule has 5 heteroatoms. The number of piperazine rings is 1. The Morgan fingerprint density at radius 2 is 1.78 bits per heavy atom. The van der Waals surface area contributed by atoms with Gasteiger partial charge in [-0.3, -0.25) is 4.90 Å². The summed E-state index contributed by atoms with van der Waals surface area (Å²) in [6.45, 7) is 6.86. The van der Waals surface area contributed by atoms with Crippen LogP contribution >= 0.6 is 11.6 Å². The van der Waals surface area contributed by atoms with Crippen molar-refractivity contribution >= 4 is 17.3 Å². The lowest BCUT2D eigenvalue weighted by Crippen LogP contribution is -2.49. The fraction of sp³-hybridized carbons (Fsp3) is 0.455. The number of ether oxygens (including phenoxy) is 1. The van der Waals surface area contributed by atoms with Crippen molar-refractivity contribution in [1.29, 1.82) is 0 Å². The van der Waals surface area contributed by atoms with Crippen molar-refractivity contribution in [3.05, 3.63) is 65.2 Å². The minimum Gasteiger partial charge on any atom is -0.389 e. The third-order valence-electron chi connectivity index (χ3n) is 5.05. The maximum atomic E-state index is 10.4. The van der Waals surface area contributed by atoms with Gasteiger partial charge in [0.25, 0.3) is 0 Å². The second-order valence-corrected chi connectivity index (χ2v) is 7.50. The van der Waals surface area contributed by atoms with Crippen molar-refractivity contribution in [3.63, 3.8) is 0 Å². The van der Waals surface area contributed by atoms with E-state index in [4.69, 9.17) is 16.3 Å². The first kappa shape index (κ1) is 20.2. The molecule has 2 aromatic rings. The summed E-state index contributed by atoms with van der Waals surface area (Å²) < 4.78 is 5.98. The molecule has 0 saturated carbocycles. The van der Waals surface area contributed by atoms with Crippen molar-refractivity contribution in [2.45, 2.75) is 25.6 Å². The minimum atomic E-state index is -0.472. The minimum absolute atomic E-state index is 0.0422. The number of aliphatic hydroxyl groups is 1. The largest absolute Gasteiger partial charge is 0.389 e. The molecule has 0 spiro atoms. The van der Waals surface area contributed by atoms with Crippen molar-refractivity contribution in [2.75, 3.05) is 44.2 Å². The molecule has 4 nitrogen and oxygen atoms in total. The van der Waals surface area contributed by atoms with Crippen molar-refractivity contribution in [2.24, 2.45) is 0 Å². The third kappa shape index (κ3) is 5.94. The van der Waals surface area contributed by atoms with E-state index in [9.17, 15) is 5.11 Å². The van der Waals surface area contributed by atoms with E-state index in [-0.39, 0.29) is 6.10 Å². The summed E-state index contributed by atoms with van der Waals surface area (Å²) in [5.41, 5.74) is 2.34. The smallest absolute Gasteiger partial charge is 0.0900 e. The van der Waals surface area contributed by atoms with Gasteiger partial charge in [-0.15, -0.1) is 0 Å². The molecule has 1 N–H and O–H groups in total. The van der Waals surface area contributed by atoms with E-state index in [0.717, 1.165) is 37.6 Å². The van der Waals surface area contributed by atoms with Crippen LogP contribution in [0.3, 0.4) is 0 Å². The molecule has 1 aliphatic rings. The Labute approximate surface area is 167 Å². The van der Waals surface area contributed by atoms with E-state index < -0.39 is 6.10 Å². The summed E-state index contributed by atoms with van der Waals surface area (Å²) >= 11 is 6.09. The Morgan fingerprint density at radius 1 is 1.04 bits per heavy atom. The first-order valence-corrected chi connectivity index (χ1v) is 10.1. The number of hydrogen-bond donors (Lipinski definition) is 1. The van der Waals surface area contributed by atoms with Crippen LogP contribution in [-0.4, -0.2) is 55.4 Å². The zero-order valence-electron chi connectivity index (χ0n) is 15.9. The molecule has 0 unspecified atom stereocenters. The number of nitrogens with zero attached hydrogens (tertiary/aromatic N) is 2. The van der Waals surface area contributed by atoms with Gasteiger partial charge in [0.2, 0.25) is 0 Å². The van der Waals surface area contributed by atoms with Gasteiger partial charge in [0.1, 0.15) is 0 Å². The molecule has 2 atom stereocenters. The van der Waals surface area contributed by atoms with Crippen LogP contribution in [0, 0.1) is 0 Å². The van der Waals surface area contributed by atoms with Gasteiger partial charge in [-0.25, -0.2) is 0 Å². The first-order valence-electron chi connectivity index (χ1n) is 9.73. The molecular formula is C22H29ClN2O2. The molecular weight excluding hydrogens is 360 g/mol. The average molecular weight is 389 g/mol. The number of hydrogen-bond acceptors (Lipinski definition) is 4. The molecule has 1 saturated heterocycles. The second-order valence-electron chi connectivity index (χ2n) is 7.06. The van der Waals surface area contributed by atoms with Crippen molar-refractivity contribution < 1.29 is 9.84 Å². The highest BCUT2D eigenvalue weighted by Gasteiger charge is 2.20. The molecule has 0 bridgehead atoms. The van der Waals surface area contributed by atoms with Crippen LogP contribution in [0.25, 0.3) is 0 Å². The Hall–Kier alpha value is -1.59. The molecule has 1 aliphatic heterocycles. The highest BCUT2D eigenvalue weighted by Crippen LogP contribution is 2.22. The van der Waals surface area contributed by atoms with Crippen LogP contribution in [0.4, 0.5) is 5.69 Å². The van der Waals surface area contributed by atoms with Gasteiger partial charge in [0.05, 0.1) is 18.8 Å². The summed E-state index contributed by atoms with van der Waals surface area (Å²) in [6, 6.07) is 18.2. The molecule has 2 aromatic carbocycles. The van der Waals surface area contributed by atoms with E-state index >= 15 is 0 Å². The Bertz CT molecular complexity index is 690. The number of anilines is 1. The average Bonchev–Trinajstić information content (AvgIpc) is 2.70. The van der Waals surface area contributed by atoms with Crippen LogP contribution in [0.5, 0.6) is 0 Å². The number of aliphatic hydroxyl groups excluding tert-OH is 1. The van der Waals surface area contributed by atoms with E-state index in [0.29, 0.717) is 13.2 Å². The molecule has 0 radical (unpaired) electrons. The topological polar surface area (TPSA) is 35.9 Å². The number of β-amino-alcohol motifs (C(OH)–C–C–N with tert-alkyl or cyclic N) is 1. The van der Waals surface area contributed by atoms with Crippen LogP contribution in [0.15, 0.2) is 54.6 Å². The Balaban J connectivity index is 1.42. The second kappa shape index (κ2) is 10.1. The highest BCUT2D eigenvalue weighted by atomic mass is 35.5. The summed E-state index contributed by atoms with van der Waals surface area (Å²) in [4.78, 5) is 4.65. The SMILES string of the molecule is CC[C@H](OC[C@H](O)CN1CCN(c2cccc(Cl)c2)CC1)c1ccccc1. The summed E-state index contributed by atoms with van der Waals surface area (Å²) in [5, 5.41) is 11.2. The van der Waals surface area contributed by atoms with E-state index in [1.165, 1.54) is 11.3 Å². The fourth-order valence-corrected chi connectivity index (χ4v) is 3.74. The molecule has 1 fully saturated rings. The van der Waals surface area contributed by atoms with Crippen molar-refractivity contribution in [1.82, 2.24) is 4.90 Å². The number of halogens is 1. The van der Waals surface area contributed by atoms with Gasteiger partial charge >= 0.3 is 0 Å². The predicted molar refractivity (Wildman–Crippen MR) is 112 cm³/mol. The Kier molecular flexibility index (Phi) is 7.53. The zero-order valence-corrected chi connectivity index (χ0v) is 16.7. The fourth-order valence-electron chi connectivity index (χ4n) is 3.56. The van der Waals surface area contributed by atoms with Crippen LogP contribution in [-0.2, 0) is 4.74 Å². The monoisotopic (exact) mass is 388 g/mol. The lowest BCUT2D eigenvalue weighted by molar-refractivity contribution is -0.0240. The normalized spacial score (nSPS) is 17.7. The number of rotatable bonds is 8. The maximum Gasteiger partial charge on any atom is 0.0900 e. The number of benzene rings is 2. The van der Waals surface area contributed by atoms with Crippen LogP contribution in [0.1, 0.15) is 25.0 Å². The van der Waals surface area contributed by atoms with Gasteiger partial charge in [0, 0.05) is 43.4 Å². The molecule has 1 heterocycles. The van der Waals surface area contributed by atoms with Crippen LogP contribution < -0.4 is 4.90 Å². The zero-order chi connectivity index (χ0) is 19.1. The van der Waals surface area contributed by atoms with Crippen molar-refractivity contribution in [3.8, 4) is 0 Å². The lowest BCUT2D eigenvalue weighted by Gasteiger charge is -2.37. The van der Waals surface area contributed by atoms with E-state index in [1.54, 1.807) is 0 Å². The van der Waals surface area contributed by atoms with E-state index in [2.05, 4.69) is 34.9 Å². The standard InChI is InChI=1S/C22H29ClN2O2/c1-2-22(18-7-4-3-5-8-18)27-17-21(26)16-24-11-13-25(14-12-24)20-10-6-9-19(23)15-20/h3-10,15,21-22,26H,2,11-14,16-17H2,1H3/t21-,22+/m1/s1. The lowest BCUT2D eigenvalue weighted by atomic mass is 10.1. The predicted octanol–water partition coefficient (Wildman–Crippen LogP) is 3.99. The molecule has 0 aromatic heterocycles. The summed E-state index contributed by atoms with van der Waals surface area (Å²) in [7, 11) is 0. The molecule has 3 rings (SSSR count). The molecule has 27 heavy (non-hydrogen) atoms. The first-order chi connectivity index (χ1) is 13.2. The Morgan fingerprint density at radius 3 is 2.44 bits per heavy atom. The van der Waals surface area contributed by atoms with Gasteiger partial charge in [-0.1, -0.05) is 54.9 Å². The van der Waals surface area contributed by atoms with E-state index in [1.807, 2.05) is 36.4 Å². The van der Waals surface area contributed by atoms with Gasteiger partial charge < -0.3 is 14.7 Å². The molecule has 0 amide bonds.